The topological polar surface area (TPSA) is 70.6 Å². The normalized spacial score (nSPS) is 11.8. The molecule has 1 rings (SSSR count). The van der Waals surface area contributed by atoms with Gasteiger partial charge in [-0.3, -0.25) is 0 Å². The largest absolute Gasteiger partial charge is 0.357 e. The molecule has 116 valence electrons. The molecule has 0 amide bonds. The van der Waals surface area contributed by atoms with E-state index in [-0.39, 0.29) is 29.7 Å². The first-order valence-corrected chi connectivity index (χ1v) is 9.22. The average molecular weight is 431 g/mol. The quantitative estimate of drug-likeness (QED) is 0.299. The molecular formula is C12H22IN3O2S2. The minimum atomic E-state index is -2.88. The summed E-state index contributed by atoms with van der Waals surface area (Å²) in [5, 5.41) is 10.4. The summed E-state index contributed by atoms with van der Waals surface area (Å²) < 4.78 is 22.0. The van der Waals surface area contributed by atoms with Gasteiger partial charge >= 0.3 is 0 Å². The lowest BCUT2D eigenvalue weighted by molar-refractivity contribution is 0.598. The van der Waals surface area contributed by atoms with Crippen molar-refractivity contribution in [2.75, 3.05) is 25.1 Å². The molecule has 1 aromatic heterocycles. The van der Waals surface area contributed by atoms with E-state index in [9.17, 15) is 8.42 Å². The Balaban J connectivity index is 0.00000361. The van der Waals surface area contributed by atoms with Crippen LogP contribution in [0.4, 0.5) is 0 Å². The number of guanidine groups is 1. The summed E-state index contributed by atoms with van der Waals surface area (Å²) in [5.41, 5.74) is 1.18. The van der Waals surface area contributed by atoms with Crippen molar-refractivity contribution in [1.29, 1.82) is 0 Å². The number of halogens is 1. The number of nitrogens with one attached hydrogen (secondary N) is 2. The number of sulfone groups is 1. The number of hydrogen-bond donors (Lipinski definition) is 2. The van der Waals surface area contributed by atoms with Gasteiger partial charge in [0.2, 0.25) is 0 Å². The van der Waals surface area contributed by atoms with Gasteiger partial charge in [0.1, 0.15) is 9.84 Å². The number of thiophene rings is 1. The molecule has 0 radical (unpaired) electrons. The molecule has 0 spiro atoms. The molecule has 8 heteroatoms. The zero-order chi connectivity index (χ0) is 14.1. The molecule has 0 bridgehead atoms. The van der Waals surface area contributed by atoms with Crippen LogP contribution < -0.4 is 10.6 Å². The van der Waals surface area contributed by atoms with Crippen LogP contribution in [0.25, 0.3) is 0 Å². The van der Waals surface area contributed by atoms with E-state index in [1.54, 1.807) is 11.3 Å². The SMILES string of the molecule is CCNC(=NCc1ccsc1)NCCCS(C)(=O)=O.I. The van der Waals surface area contributed by atoms with Crippen molar-refractivity contribution in [2.45, 2.75) is 19.9 Å². The van der Waals surface area contributed by atoms with Gasteiger partial charge in [-0.2, -0.15) is 11.3 Å². The van der Waals surface area contributed by atoms with Crippen LogP contribution in [-0.2, 0) is 16.4 Å². The van der Waals surface area contributed by atoms with E-state index in [2.05, 4.69) is 21.0 Å². The van der Waals surface area contributed by atoms with E-state index in [0.29, 0.717) is 19.5 Å². The lowest BCUT2D eigenvalue weighted by atomic mass is 10.3. The summed E-state index contributed by atoms with van der Waals surface area (Å²) in [5.74, 6) is 0.923. The number of nitrogens with zero attached hydrogens (tertiary/aromatic N) is 1. The van der Waals surface area contributed by atoms with E-state index >= 15 is 0 Å². The van der Waals surface area contributed by atoms with Gasteiger partial charge in [-0.05, 0) is 35.7 Å². The van der Waals surface area contributed by atoms with Crippen molar-refractivity contribution in [1.82, 2.24) is 10.6 Å². The summed E-state index contributed by atoms with van der Waals surface area (Å²) in [6.07, 6.45) is 1.84. The summed E-state index contributed by atoms with van der Waals surface area (Å²) in [4.78, 5) is 4.44. The lowest BCUT2D eigenvalue weighted by Gasteiger charge is -2.10. The van der Waals surface area contributed by atoms with Crippen molar-refractivity contribution in [3.8, 4) is 0 Å². The second-order valence-corrected chi connectivity index (χ2v) is 7.28. The molecule has 0 aliphatic heterocycles. The van der Waals surface area contributed by atoms with Gasteiger partial charge in [-0.25, -0.2) is 13.4 Å². The van der Waals surface area contributed by atoms with Gasteiger partial charge in [0.15, 0.2) is 5.96 Å². The number of rotatable bonds is 7. The maximum Gasteiger partial charge on any atom is 0.191 e. The molecule has 0 fully saturated rings. The molecule has 0 saturated heterocycles. The average Bonchev–Trinajstić information content (AvgIpc) is 2.83. The maximum absolute atomic E-state index is 11.0. The fraction of sp³-hybridized carbons (Fsp3) is 0.583. The molecule has 0 aliphatic rings. The fourth-order valence-corrected chi connectivity index (χ4v) is 2.76. The molecule has 5 nitrogen and oxygen atoms in total. The van der Waals surface area contributed by atoms with Gasteiger partial charge < -0.3 is 10.6 Å². The Kier molecular flexibility index (Phi) is 10.2. The minimum absolute atomic E-state index is 0. The van der Waals surface area contributed by atoms with Crippen molar-refractivity contribution < 1.29 is 8.42 Å². The molecule has 2 N–H and O–H groups in total. The highest BCUT2D eigenvalue weighted by Crippen LogP contribution is 2.06. The lowest BCUT2D eigenvalue weighted by Crippen LogP contribution is -2.38. The molecule has 1 heterocycles. The number of aliphatic imine (C=N–C) groups is 1. The Bertz CT molecular complexity index is 487. The molecular weight excluding hydrogens is 409 g/mol. The summed E-state index contributed by atoms with van der Waals surface area (Å²) in [6.45, 7) is 4.01. The summed E-state index contributed by atoms with van der Waals surface area (Å²) >= 11 is 1.65. The van der Waals surface area contributed by atoms with Crippen molar-refractivity contribution in [3.63, 3.8) is 0 Å². The van der Waals surface area contributed by atoms with Gasteiger partial charge in [-0.1, -0.05) is 0 Å². The fourth-order valence-electron chi connectivity index (χ4n) is 1.44. The summed E-state index contributed by atoms with van der Waals surface area (Å²) in [6, 6.07) is 2.04. The molecule has 20 heavy (non-hydrogen) atoms. The van der Waals surface area contributed by atoms with E-state index in [1.165, 1.54) is 11.8 Å². The van der Waals surface area contributed by atoms with E-state index in [4.69, 9.17) is 0 Å². The van der Waals surface area contributed by atoms with Crippen LogP contribution >= 0.6 is 35.3 Å². The molecule has 0 unspecified atom stereocenters. The number of hydrogen-bond acceptors (Lipinski definition) is 4. The monoisotopic (exact) mass is 431 g/mol. The van der Waals surface area contributed by atoms with Crippen LogP contribution in [-0.4, -0.2) is 39.5 Å². The van der Waals surface area contributed by atoms with E-state index < -0.39 is 9.84 Å². The van der Waals surface area contributed by atoms with Crippen LogP contribution in [0.1, 0.15) is 18.9 Å². The van der Waals surface area contributed by atoms with Crippen LogP contribution in [0.3, 0.4) is 0 Å². The first-order valence-electron chi connectivity index (χ1n) is 6.22. The Hall–Kier alpha value is -0.350. The summed E-state index contributed by atoms with van der Waals surface area (Å²) in [7, 11) is -2.88. The van der Waals surface area contributed by atoms with Crippen LogP contribution in [0.15, 0.2) is 21.8 Å². The molecule has 1 aromatic rings. The zero-order valence-electron chi connectivity index (χ0n) is 11.8. The van der Waals surface area contributed by atoms with Crippen LogP contribution in [0.5, 0.6) is 0 Å². The molecule has 0 aliphatic carbocycles. The van der Waals surface area contributed by atoms with Crippen LogP contribution in [0.2, 0.25) is 0 Å². The second kappa shape index (κ2) is 10.4. The van der Waals surface area contributed by atoms with Gasteiger partial charge in [0, 0.05) is 19.3 Å². The third-order valence-electron chi connectivity index (χ3n) is 2.33. The highest BCUT2D eigenvalue weighted by molar-refractivity contribution is 14.0. The van der Waals surface area contributed by atoms with E-state index in [0.717, 1.165) is 12.5 Å². The van der Waals surface area contributed by atoms with Crippen molar-refractivity contribution >= 4 is 51.1 Å². The van der Waals surface area contributed by atoms with Gasteiger partial charge in [-0.15, -0.1) is 24.0 Å². The molecule has 0 aromatic carbocycles. The molecule has 0 atom stereocenters. The minimum Gasteiger partial charge on any atom is -0.357 e. The Labute approximate surface area is 142 Å². The first-order chi connectivity index (χ1) is 9.01. The zero-order valence-corrected chi connectivity index (χ0v) is 15.7. The third-order valence-corrected chi connectivity index (χ3v) is 4.09. The Morgan fingerprint density at radius 1 is 1.40 bits per heavy atom. The Morgan fingerprint density at radius 2 is 2.15 bits per heavy atom. The maximum atomic E-state index is 11.0. The van der Waals surface area contributed by atoms with Crippen molar-refractivity contribution in [3.05, 3.63) is 22.4 Å². The predicted octanol–water partition coefficient (Wildman–Crippen LogP) is 1.86. The highest BCUT2D eigenvalue weighted by atomic mass is 127. The van der Waals surface area contributed by atoms with E-state index in [1.807, 2.05) is 18.4 Å². The van der Waals surface area contributed by atoms with Gasteiger partial charge in [0.05, 0.1) is 12.3 Å². The standard InChI is InChI=1S/C12H21N3O2S2.HI/c1-3-13-12(14-6-4-8-19(2,16)17)15-9-11-5-7-18-10-11;/h5,7,10H,3-4,6,8-9H2,1-2H3,(H2,13,14,15);1H. The third kappa shape index (κ3) is 9.54. The van der Waals surface area contributed by atoms with Crippen molar-refractivity contribution in [2.24, 2.45) is 4.99 Å². The smallest absolute Gasteiger partial charge is 0.191 e. The second-order valence-electron chi connectivity index (χ2n) is 4.24. The first kappa shape index (κ1) is 19.7. The highest BCUT2D eigenvalue weighted by Gasteiger charge is 2.02. The Morgan fingerprint density at radius 3 is 2.70 bits per heavy atom. The van der Waals surface area contributed by atoms with Gasteiger partial charge in [0.25, 0.3) is 0 Å². The molecule has 0 saturated carbocycles. The van der Waals surface area contributed by atoms with Crippen LogP contribution in [0, 0.1) is 0 Å². The predicted molar refractivity (Wildman–Crippen MR) is 96.9 cm³/mol.